The summed E-state index contributed by atoms with van der Waals surface area (Å²) in [6.45, 7) is 5.63. The van der Waals surface area contributed by atoms with Crippen LogP contribution in [0.2, 0.25) is 0 Å². The van der Waals surface area contributed by atoms with E-state index in [0.29, 0.717) is 12.3 Å². The molecule has 0 aromatic rings. The molecule has 4 heteroatoms. The molecule has 3 unspecified atom stereocenters. The Morgan fingerprint density at radius 2 is 2.31 bits per heavy atom. The topological polar surface area (TPSA) is 64.4 Å². The molecule has 0 bridgehead atoms. The van der Waals surface area contributed by atoms with Gasteiger partial charge in [0, 0.05) is 31.0 Å². The van der Waals surface area contributed by atoms with E-state index in [-0.39, 0.29) is 18.0 Å². The Morgan fingerprint density at radius 3 is 2.88 bits per heavy atom. The first-order valence-electron chi connectivity index (χ1n) is 6.22. The molecule has 3 N–H and O–H groups in total. The van der Waals surface area contributed by atoms with E-state index in [1.54, 1.807) is 0 Å². The number of rotatable bonds is 6. The highest BCUT2D eigenvalue weighted by atomic mass is 16.5. The number of amides is 1. The lowest BCUT2D eigenvalue weighted by Crippen LogP contribution is -2.38. The van der Waals surface area contributed by atoms with E-state index >= 15 is 0 Å². The summed E-state index contributed by atoms with van der Waals surface area (Å²) in [5.41, 5.74) is 5.63. The Balaban J connectivity index is 2.12. The molecule has 0 aliphatic carbocycles. The van der Waals surface area contributed by atoms with Crippen LogP contribution in [0.1, 0.15) is 39.5 Å². The number of nitrogens with two attached hydrogens (primary N) is 1. The van der Waals surface area contributed by atoms with Crippen LogP contribution in [0.5, 0.6) is 0 Å². The molecule has 94 valence electrons. The van der Waals surface area contributed by atoms with Crippen LogP contribution in [0.25, 0.3) is 0 Å². The number of ether oxygens (including phenoxy) is 1. The lowest BCUT2D eigenvalue weighted by Gasteiger charge is -2.19. The minimum Gasteiger partial charge on any atom is -0.381 e. The number of carbonyl (C=O) groups is 1. The van der Waals surface area contributed by atoms with Gasteiger partial charge < -0.3 is 15.8 Å². The van der Waals surface area contributed by atoms with Crippen molar-refractivity contribution in [3.8, 4) is 0 Å². The molecule has 4 nitrogen and oxygen atoms in total. The van der Waals surface area contributed by atoms with E-state index in [1.165, 1.54) is 0 Å². The highest BCUT2D eigenvalue weighted by molar-refractivity contribution is 5.76. The van der Waals surface area contributed by atoms with Crippen molar-refractivity contribution in [3.63, 3.8) is 0 Å². The van der Waals surface area contributed by atoms with Crippen LogP contribution in [0, 0.1) is 5.92 Å². The molecule has 0 aromatic carbocycles. The zero-order valence-electron chi connectivity index (χ0n) is 10.4. The average Bonchev–Trinajstić information content (AvgIpc) is 2.69. The van der Waals surface area contributed by atoms with Crippen LogP contribution in [-0.4, -0.2) is 31.2 Å². The Morgan fingerprint density at radius 1 is 1.56 bits per heavy atom. The minimum atomic E-state index is 0.139. The molecule has 1 fully saturated rings. The number of carbonyl (C=O) groups excluding carboxylic acids is 1. The summed E-state index contributed by atoms with van der Waals surface area (Å²) in [6, 6.07) is 0.416. The summed E-state index contributed by atoms with van der Waals surface area (Å²) >= 11 is 0. The van der Waals surface area contributed by atoms with Crippen LogP contribution in [0.15, 0.2) is 0 Å². The smallest absolute Gasteiger partial charge is 0.220 e. The molecule has 0 saturated carbocycles. The van der Waals surface area contributed by atoms with Gasteiger partial charge in [0.1, 0.15) is 0 Å². The molecule has 16 heavy (non-hydrogen) atoms. The summed E-state index contributed by atoms with van der Waals surface area (Å²) in [4.78, 5) is 11.6. The molecule has 0 aromatic heterocycles. The van der Waals surface area contributed by atoms with Crippen LogP contribution in [-0.2, 0) is 9.53 Å². The zero-order valence-corrected chi connectivity index (χ0v) is 10.4. The van der Waals surface area contributed by atoms with Gasteiger partial charge in [0.2, 0.25) is 5.91 Å². The predicted octanol–water partition coefficient (Wildman–Crippen LogP) is 1.05. The fourth-order valence-corrected chi connectivity index (χ4v) is 1.98. The Labute approximate surface area is 97.9 Å². The highest BCUT2D eigenvalue weighted by Crippen LogP contribution is 2.16. The van der Waals surface area contributed by atoms with Gasteiger partial charge in [-0.1, -0.05) is 0 Å². The SMILES string of the molecule is CC(N)CCCC(=O)NC(C)C1CCOC1. The predicted molar refractivity (Wildman–Crippen MR) is 64.0 cm³/mol. The van der Waals surface area contributed by atoms with E-state index in [1.807, 2.05) is 6.92 Å². The van der Waals surface area contributed by atoms with Crippen molar-refractivity contribution in [2.24, 2.45) is 11.7 Å². The molecule has 1 amide bonds. The van der Waals surface area contributed by atoms with Crippen LogP contribution >= 0.6 is 0 Å². The van der Waals surface area contributed by atoms with E-state index < -0.39 is 0 Å². The molecule has 1 heterocycles. The quantitative estimate of drug-likeness (QED) is 0.714. The van der Waals surface area contributed by atoms with E-state index in [2.05, 4.69) is 12.2 Å². The monoisotopic (exact) mass is 228 g/mol. The summed E-state index contributed by atoms with van der Waals surface area (Å²) < 4.78 is 5.30. The maximum Gasteiger partial charge on any atom is 0.220 e. The van der Waals surface area contributed by atoms with E-state index in [0.717, 1.165) is 32.5 Å². The Hall–Kier alpha value is -0.610. The van der Waals surface area contributed by atoms with Crippen molar-refractivity contribution < 1.29 is 9.53 Å². The standard InChI is InChI=1S/C12H24N2O2/c1-9(13)4-3-5-12(15)14-10(2)11-6-7-16-8-11/h9-11H,3-8,13H2,1-2H3,(H,14,15). The molecule has 0 radical (unpaired) electrons. The third-order valence-electron chi connectivity index (χ3n) is 3.12. The van der Waals surface area contributed by atoms with Crippen molar-refractivity contribution >= 4 is 5.91 Å². The summed E-state index contributed by atoms with van der Waals surface area (Å²) in [7, 11) is 0. The van der Waals surface area contributed by atoms with Gasteiger partial charge in [-0.25, -0.2) is 0 Å². The maximum absolute atomic E-state index is 11.6. The van der Waals surface area contributed by atoms with Crippen molar-refractivity contribution in [3.05, 3.63) is 0 Å². The van der Waals surface area contributed by atoms with Crippen molar-refractivity contribution in [1.82, 2.24) is 5.32 Å². The maximum atomic E-state index is 11.6. The molecule has 1 rings (SSSR count). The number of hydrogen-bond donors (Lipinski definition) is 2. The summed E-state index contributed by atoms with van der Waals surface area (Å²) in [6.07, 6.45) is 3.42. The summed E-state index contributed by atoms with van der Waals surface area (Å²) in [5.74, 6) is 0.623. The van der Waals surface area contributed by atoms with Crippen LogP contribution in [0.4, 0.5) is 0 Å². The Bertz CT molecular complexity index is 213. The third-order valence-corrected chi connectivity index (χ3v) is 3.12. The fourth-order valence-electron chi connectivity index (χ4n) is 1.98. The van der Waals surface area contributed by atoms with Crippen LogP contribution in [0.3, 0.4) is 0 Å². The third kappa shape index (κ3) is 4.94. The van der Waals surface area contributed by atoms with Gasteiger partial charge in [-0.15, -0.1) is 0 Å². The van der Waals surface area contributed by atoms with Gasteiger partial charge in [0.05, 0.1) is 6.61 Å². The van der Waals surface area contributed by atoms with E-state index in [4.69, 9.17) is 10.5 Å². The fraction of sp³-hybridized carbons (Fsp3) is 0.917. The first-order chi connectivity index (χ1) is 7.59. The Kier molecular flexibility index (Phi) is 5.77. The molecule has 1 saturated heterocycles. The largest absolute Gasteiger partial charge is 0.381 e. The van der Waals surface area contributed by atoms with Crippen molar-refractivity contribution in [2.45, 2.75) is 51.6 Å². The molecule has 1 aliphatic rings. The van der Waals surface area contributed by atoms with Crippen molar-refractivity contribution in [1.29, 1.82) is 0 Å². The molecular formula is C12H24N2O2. The summed E-state index contributed by atoms with van der Waals surface area (Å²) in [5, 5.41) is 3.04. The van der Waals surface area contributed by atoms with Gasteiger partial charge >= 0.3 is 0 Å². The normalized spacial score (nSPS) is 24.1. The molecular weight excluding hydrogens is 204 g/mol. The lowest BCUT2D eigenvalue weighted by atomic mass is 10.0. The second kappa shape index (κ2) is 6.86. The second-order valence-electron chi connectivity index (χ2n) is 4.85. The molecule has 3 atom stereocenters. The lowest BCUT2D eigenvalue weighted by molar-refractivity contribution is -0.122. The number of hydrogen-bond acceptors (Lipinski definition) is 3. The van der Waals surface area contributed by atoms with Crippen LogP contribution < -0.4 is 11.1 Å². The van der Waals surface area contributed by atoms with E-state index in [9.17, 15) is 4.79 Å². The van der Waals surface area contributed by atoms with Gasteiger partial charge in [-0.05, 0) is 33.1 Å². The van der Waals surface area contributed by atoms with Gasteiger partial charge in [-0.3, -0.25) is 4.79 Å². The van der Waals surface area contributed by atoms with Gasteiger partial charge in [0.15, 0.2) is 0 Å². The van der Waals surface area contributed by atoms with Gasteiger partial charge in [-0.2, -0.15) is 0 Å². The first-order valence-corrected chi connectivity index (χ1v) is 6.22. The van der Waals surface area contributed by atoms with Crippen molar-refractivity contribution in [2.75, 3.05) is 13.2 Å². The molecule has 1 aliphatic heterocycles. The molecule has 0 spiro atoms. The first kappa shape index (κ1) is 13.5. The highest BCUT2D eigenvalue weighted by Gasteiger charge is 2.23. The van der Waals surface area contributed by atoms with Gasteiger partial charge in [0.25, 0.3) is 0 Å². The second-order valence-corrected chi connectivity index (χ2v) is 4.85. The minimum absolute atomic E-state index is 0.139. The zero-order chi connectivity index (χ0) is 12.0. The number of nitrogens with one attached hydrogen (secondary N) is 1. The average molecular weight is 228 g/mol.